The average Bonchev–Trinajstić information content (AvgIpc) is 2.87. The van der Waals surface area contributed by atoms with Crippen LogP contribution in [0.5, 0.6) is 0 Å². The molecule has 0 radical (unpaired) electrons. The molecule has 0 bridgehead atoms. The Hall–Kier alpha value is -1.81. The number of aryl methyl sites for hydroxylation is 1. The number of aromatic nitrogens is 3. The molecule has 86 valence electrons. The maximum absolute atomic E-state index is 5.95. The zero-order valence-corrected chi connectivity index (χ0v) is 9.98. The van der Waals surface area contributed by atoms with Crippen LogP contribution in [0.4, 0.5) is 0 Å². The summed E-state index contributed by atoms with van der Waals surface area (Å²) in [6.45, 7) is 2.54. The largest absolute Gasteiger partial charge is 0.341 e. The molecule has 2 aromatic heterocycles. The minimum absolute atomic E-state index is 0.653. The number of halogens is 1. The summed E-state index contributed by atoms with van der Waals surface area (Å²) in [5, 5.41) is 9.51. The lowest BCUT2D eigenvalue weighted by Gasteiger charge is -2.02. The van der Waals surface area contributed by atoms with Gasteiger partial charge in [-0.05, 0) is 31.2 Å². The minimum Gasteiger partial charge on any atom is -0.341 e. The second-order valence-electron chi connectivity index (χ2n) is 3.94. The number of rotatable bonds is 2. The molecule has 0 N–H and O–H groups in total. The summed E-state index contributed by atoms with van der Waals surface area (Å²) < 4.78 is 6.79. The highest BCUT2D eigenvalue weighted by molar-refractivity contribution is 6.31. The summed E-state index contributed by atoms with van der Waals surface area (Å²) in [5.74, 6) is 0. The zero-order valence-electron chi connectivity index (χ0n) is 9.22. The van der Waals surface area contributed by atoms with Gasteiger partial charge in [-0.15, -0.1) is 0 Å². The molecule has 0 aliphatic carbocycles. The van der Waals surface area contributed by atoms with Crippen LogP contribution in [-0.2, 0) is 6.54 Å². The third-order valence-electron chi connectivity index (χ3n) is 2.80. The van der Waals surface area contributed by atoms with E-state index in [-0.39, 0.29) is 0 Å². The van der Waals surface area contributed by atoms with Gasteiger partial charge < -0.3 is 4.57 Å². The van der Waals surface area contributed by atoms with E-state index in [9.17, 15) is 0 Å². The van der Waals surface area contributed by atoms with E-state index in [1.807, 2.05) is 37.4 Å². The molecule has 0 atom stereocenters. The third kappa shape index (κ3) is 1.80. The molecule has 0 aliphatic rings. The van der Waals surface area contributed by atoms with Crippen molar-refractivity contribution < 1.29 is 4.63 Å². The summed E-state index contributed by atoms with van der Waals surface area (Å²) in [7, 11) is 0. The van der Waals surface area contributed by atoms with Gasteiger partial charge in [-0.2, -0.15) is 0 Å². The molecule has 2 heterocycles. The smallest absolute Gasteiger partial charge is 0.127 e. The summed E-state index contributed by atoms with van der Waals surface area (Å²) in [6.07, 6.45) is 2.01. The summed E-state index contributed by atoms with van der Waals surface area (Å²) in [4.78, 5) is 0. The minimum atomic E-state index is 0.653. The Morgan fingerprint density at radius 1 is 1.29 bits per heavy atom. The number of nitrogens with zero attached hydrogens (tertiary/aromatic N) is 3. The van der Waals surface area contributed by atoms with Crippen LogP contribution in [0.25, 0.3) is 10.9 Å². The second kappa shape index (κ2) is 3.89. The normalized spacial score (nSPS) is 11.2. The molecule has 0 unspecified atom stereocenters. The van der Waals surface area contributed by atoms with Gasteiger partial charge in [-0.25, -0.2) is 4.63 Å². The Bertz CT molecular complexity index is 671. The standard InChI is InChI=1S/C12H10ClN3O/c1-8-11(15-17-14-8)7-16-5-4-9-6-10(13)2-3-12(9)16/h2-6H,7H2,1H3. The van der Waals surface area contributed by atoms with Crippen molar-refractivity contribution in [1.82, 2.24) is 14.9 Å². The van der Waals surface area contributed by atoms with Crippen LogP contribution in [0.2, 0.25) is 5.02 Å². The van der Waals surface area contributed by atoms with Crippen molar-refractivity contribution in [3.05, 3.63) is 46.9 Å². The van der Waals surface area contributed by atoms with Gasteiger partial charge in [0.2, 0.25) is 0 Å². The number of hydrogen-bond acceptors (Lipinski definition) is 3. The van der Waals surface area contributed by atoms with Gasteiger partial charge in [0.15, 0.2) is 0 Å². The van der Waals surface area contributed by atoms with Crippen molar-refractivity contribution in [3.8, 4) is 0 Å². The Kier molecular flexibility index (Phi) is 2.37. The van der Waals surface area contributed by atoms with Crippen molar-refractivity contribution >= 4 is 22.5 Å². The Morgan fingerprint density at radius 3 is 2.94 bits per heavy atom. The lowest BCUT2D eigenvalue weighted by atomic mass is 10.2. The Labute approximate surface area is 103 Å². The molecule has 0 fully saturated rings. The topological polar surface area (TPSA) is 43.9 Å². The van der Waals surface area contributed by atoms with Crippen LogP contribution in [0.15, 0.2) is 35.1 Å². The molecule has 0 aliphatic heterocycles. The predicted molar refractivity (Wildman–Crippen MR) is 65.1 cm³/mol. The molecular formula is C12H10ClN3O. The van der Waals surface area contributed by atoms with Gasteiger partial charge in [0.25, 0.3) is 0 Å². The van der Waals surface area contributed by atoms with E-state index in [0.29, 0.717) is 6.54 Å². The highest BCUT2D eigenvalue weighted by atomic mass is 35.5. The van der Waals surface area contributed by atoms with Crippen molar-refractivity contribution in [2.75, 3.05) is 0 Å². The van der Waals surface area contributed by atoms with Crippen LogP contribution in [-0.4, -0.2) is 14.9 Å². The number of fused-ring (bicyclic) bond motifs is 1. The fourth-order valence-electron chi connectivity index (χ4n) is 1.86. The molecule has 17 heavy (non-hydrogen) atoms. The Balaban J connectivity index is 2.04. The molecule has 4 nitrogen and oxygen atoms in total. The lowest BCUT2D eigenvalue weighted by Crippen LogP contribution is -1.99. The lowest BCUT2D eigenvalue weighted by molar-refractivity contribution is 0.300. The van der Waals surface area contributed by atoms with Gasteiger partial charge >= 0.3 is 0 Å². The van der Waals surface area contributed by atoms with Crippen LogP contribution < -0.4 is 0 Å². The first-order valence-corrected chi connectivity index (χ1v) is 5.64. The third-order valence-corrected chi connectivity index (χ3v) is 3.03. The number of benzene rings is 1. The van der Waals surface area contributed by atoms with E-state index in [1.165, 1.54) is 0 Å². The van der Waals surface area contributed by atoms with Crippen molar-refractivity contribution in [3.63, 3.8) is 0 Å². The fourth-order valence-corrected chi connectivity index (χ4v) is 2.04. The maximum Gasteiger partial charge on any atom is 0.127 e. The van der Waals surface area contributed by atoms with E-state index in [4.69, 9.17) is 16.2 Å². The number of hydrogen-bond donors (Lipinski definition) is 0. The molecule has 3 rings (SSSR count). The quantitative estimate of drug-likeness (QED) is 0.699. The van der Waals surface area contributed by atoms with E-state index in [2.05, 4.69) is 14.9 Å². The van der Waals surface area contributed by atoms with Crippen molar-refractivity contribution in [1.29, 1.82) is 0 Å². The molecule has 1 aromatic carbocycles. The second-order valence-corrected chi connectivity index (χ2v) is 4.38. The SMILES string of the molecule is Cc1nonc1Cn1ccc2cc(Cl)ccc21. The molecule has 3 aromatic rings. The van der Waals surface area contributed by atoms with E-state index >= 15 is 0 Å². The van der Waals surface area contributed by atoms with Gasteiger partial charge in [0.1, 0.15) is 11.4 Å². The highest BCUT2D eigenvalue weighted by Crippen LogP contribution is 2.21. The maximum atomic E-state index is 5.95. The van der Waals surface area contributed by atoms with Gasteiger partial charge in [0.05, 0.1) is 6.54 Å². The van der Waals surface area contributed by atoms with E-state index < -0.39 is 0 Å². The van der Waals surface area contributed by atoms with Crippen molar-refractivity contribution in [2.45, 2.75) is 13.5 Å². The molecular weight excluding hydrogens is 238 g/mol. The fraction of sp³-hybridized carbons (Fsp3) is 0.167. The van der Waals surface area contributed by atoms with Crippen LogP contribution in [0.3, 0.4) is 0 Å². The summed E-state index contributed by atoms with van der Waals surface area (Å²) >= 11 is 5.95. The van der Waals surface area contributed by atoms with Crippen LogP contribution in [0.1, 0.15) is 11.4 Å². The van der Waals surface area contributed by atoms with Crippen LogP contribution >= 0.6 is 11.6 Å². The first kappa shape index (κ1) is 10.4. The summed E-state index contributed by atoms with van der Waals surface area (Å²) in [6, 6.07) is 7.86. The Morgan fingerprint density at radius 2 is 2.18 bits per heavy atom. The first-order valence-electron chi connectivity index (χ1n) is 5.26. The van der Waals surface area contributed by atoms with E-state index in [1.54, 1.807) is 0 Å². The van der Waals surface area contributed by atoms with Crippen LogP contribution in [0, 0.1) is 6.92 Å². The predicted octanol–water partition coefficient (Wildman–Crippen LogP) is 3.03. The molecule has 0 saturated carbocycles. The van der Waals surface area contributed by atoms with E-state index in [0.717, 1.165) is 27.3 Å². The summed E-state index contributed by atoms with van der Waals surface area (Å²) in [5.41, 5.74) is 2.79. The molecule has 0 amide bonds. The molecule has 0 spiro atoms. The monoisotopic (exact) mass is 247 g/mol. The first-order chi connectivity index (χ1) is 8.24. The van der Waals surface area contributed by atoms with Gasteiger partial charge in [-0.1, -0.05) is 21.9 Å². The van der Waals surface area contributed by atoms with Gasteiger partial charge in [0, 0.05) is 22.1 Å². The molecule has 5 heteroatoms. The highest BCUT2D eigenvalue weighted by Gasteiger charge is 2.08. The average molecular weight is 248 g/mol. The van der Waals surface area contributed by atoms with Gasteiger partial charge in [-0.3, -0.25) is 0 Å². The molecule has 0 saturated heterocycles. The van der Waals surface area contributed by atoms with Crippen molar-refractivity contribution in [2.24, 2.45) is 0 Å². The zero-order chi connectivity index (χ0) is 11.8.